The topological polar surface area (TPSA) is 12.0 Å². The number of benzene rings is 1. The van der Waals surface area contributed by atoms with Crippen molar-refractivity contribution in [2.45, 2.75) is 57.9 Å². The van der Waals surface area contributed by atoms with E-state index in [2.05, 4.69) is 48.6 Å². The van der Waals surface area contributed by atoms with Crippen LogP contribution in [0.1, 0.15) is 51.9 Å². The van der Waals surface area contributed by atoms with E-state index in [9.17, 15) is 0 Å². The van der Waals surface area contributed by atoms with Gasteiger partial charge in [-0.25, -0.2) is 0 Å². The monoisotopic (exact) mass is 279 g/mol. The molecule has 3 aliphatic rings. The third-order valence-corrected chi connectivity index (χ3v) is 5.80. The lowest BCUT2D eigenvalue weighted by atomic mass is 9.70. The van der Waals surface area contributed by atoms with Gasteiger partial charge in [0, 0.05) is 11.1 Å². The van der Waals surface area contributed by atoms with Crippen LogP contribution in [0.15, 0.2) is 53.1 Å². The van der Waals surface area contributed by atoms with Gasteiger partial charge in [0.1, 0.15) is 0 Å². The summed E-state index contributed by atoms with van der Waals surface area (Å²) in [6.07, 6.45) is 11.9. The van der Waals surface area contributed by atoms with Gasteiger partial charge in [0.05, 0.1) is 6.04 Å². The molecule has 0 radical (unpaired) electrons. The Morgan fingerprint density at radius 1 is 1.05 bits per heavy atom. The predicted molar refractivity (Wildman–Crippen MR) is 89.4 cm³/mol. The molecule has 1 N–H and O–H groups in total. The van der Waals surface area contributed by atoms with E-state index in [1.54, 1.807) is 16.7 Å². The summed E-state index contributed by atoms with van der Waals surface area (Å²) in [5, 5.41) is 3.87. The molecule has 0 amide bonds. The average Bonchev–Trinajstić information content (AvgIpc) is 2.78. The Kier molecular flexibility index (Phi) is 3.17. The molecule has 1 aromatic rings. The summed E-state index contributed by atoms with van der Waals surface area (Å²) in [4.78, 5) is 0. The van der Waals surface area contributed by atoms with Crippen molar-refractivity contribution in [2.24, 2.45) is 5.41 Å². The van der Waals surface area contributed by atoms with Gasteiger partial charge in [0.25, 0.3) is 0 Å². The number of anilines is 1. The average molecular weight is 279 g/mol. The normalized spacial score (nSPS) is 31.5. The predicted octanol–water partition coefficient (Wildman–Crippen LogP) is 5.47. The maximum atomic E-state index is 3.87. The summed E-state index contributed by atoms with van der Waals surface area (Å²) < 4.78 is 0. The van der Waals surface area contributed by atoms with Crippen LogP contribution >= 0.6 is 0 Å². The van der Waals surface area contributed by atoms with Gasteiger partial charge in [-0.15, -0.1) is 0 Å². The molecule has 0 unspecified atom stereocenters. The first-order chi connectivity index (χ1) is 10.3. The van der Waals surface area contributed by atoms with E-state index in [-0.39, 0.29) is 0 Å². The molecule has 4 rings (SSSR count). The highest BCUT2D eigenvalue weighted by molar-refractivity contribution is 5.58. The standard InChI is InChI=1S/C20H25N/c1-20-14-8-7-13-18(20)16-11-5-6-12-17(16)19(20)21-15-9-3-2-4-10-15/h2-4,9-10,12,19,21H,5-8,11,13-14H2,1H3/t19-,20-/m0/s1. The Morgan fingerprint density at radius 3 is 2.76 bits per heavy atom. The molecule has 110 valence electrons. The van der Waals surface area contributed by atoms with E-state index in [1.165, 1.54) is 50.6 Å². The Hall–Kier alpha value is -1.50. The first-order valence-corrected chi connectivity index (χ1v) is 8.53. The first-order valence-electron chi connectivity index (χ1n) is 8.53. The zero-order valence-corrected chi connectivity index (χ0v) is 13.0. The van der Waals surface area contributed by atoms with Gasteiger partial charge >= 0.3 is 0 Å². The van der Waals surface area contributed by atoms with Gasteiger partial charge in [0.15, 0.2) is 0 Å². The quantitative estimate of drug-likeness (QED) is 0.757. The number of hydrogen-bond donors (Lipinski definition) is 1. The second kappa shape index (κ2) is 5.05. The minimum absolute atomic E-state index is 0.347. The lowest BCUT2D eigenvalue weighted by Crippen LogP contribution is -2.38. The molecule has 1 aromatic carbocycles. The number of nitrogens with one attached hydrogen (secondary N) is 1. The van der Waals surface area contributed by atoms with Crippen LogP contribution in [-0.4, -0.2) is 6.04 Å². The van der Waals surface area contributed by atoms with Crippen molar-refractivity contribution in [2.75, 3.05) is 5.32 Å². The van der Waals surface area contributed by atoms with Crippen molar-refractivity contribution in [3.8, 4) is 0 Å². The lowest BCUT2D eigenvalue weighted by molar-refractivity contribution is 0.295. The van der Waals surface area contributed by atoms with Crippen molar-refractivity contribution < 1.29 is 0 Å². The molecule has 0 heterocycles. The highest BCUT2D eigenvalue weighted by Gasteiger charge is 2.48. The summed E-state index contributed by atoms with van der Waals surface area (Å²) in [7, 11) is 0. The maximum absolute atomic E-state index is 3.87. The van der Waals surface area contributed by atoms with Crippen LogP contribution in [0, 0.1) is 5.41 Å². The number of allylic oxidation sites excluding steroid dienone is 1. The van der Waals surface area contributed by atoms with Gasteiger partial charge in [-0.2, -0.15) is 0 Å². The van der Waals surface area contributed by atoms with Gasteiger partial charge in [-0.3, -0.25) is 0 Å². The molecule has 21 heavy (non-hydrogen) atoms. The maximum Gasteiger partial charge on any atom is 0.0604 e. The van der Waals surface area contributed by atoms with Crippen LogP contribution in [0.2, 0.25) is 0 Å². The number of rotatable bonds is 2. The molecule has 0 aromatic heterocycles. The molecule has 1 fully saturated rings. The van der Waals surface area contributed by atoms with Gasteiger partial charge < -0.3 is 5.32 Å². The van der Waals surface area contributed by atoms with E-state index >= 15 is 0 Å². The zero-order chi connectivity index (χ0) is 14.3. The summed E-state index contributed by atoms with van der Waals surface area (Å²) >= 11 is 0. The van der Waals surface area contributed by atoms with Crippen molar-refractivity contribution in [1.29, 1.82) is 0 Å². The summed E-state index contributed by atoms with van der Waals surface area (Å²) in [5.74, 6) is 0. The number of fused-ring (bicyclic) bond motifs is 2. The SMILES string of the molecule is C[C@]12CCCCC1=C1CCCC=C1[C@@H]2Nc1ccccc1. The Morgan fingerprint density at radius 2 is 1.90 bits per heavy atom. The van der Waals surface area contributed by atoms with Gasteiger partial charge in [-0.05, 0) is 61.8 Å². The van der Waals surface area contributed by atoms with Crippen molar-refractivity contribution >= 4 is 5.69 Å². The molecular formula is C20H25N. The van der Waals surface area contributed by atoms with Crippen LogP contribution < -0.4 is 5.32 Å². The van der Waals surface area contributed by atoms with E-state index in [0.717, 1.165) is 0 Å². The van der Waals surface area contributed by atoms with Crippen LogP contribution in [0.3, 0.4) is 0 Å². The number of hydrogen-bond acceptors (Lipinski definition) is 1. The van der Waals surface area contributed by atoms with E-state index in [4.69, 9.17) is 0 Å². The Labute approximate surface area is 128 Å². The highest BCUT2D eigenvalue weighted by Crippen LogP contribution is 2.56. The molecule has 3 aliphatic carbocycles. The Balaban J connectivity index is 1.74. The largest absolute Gasteiger partial charge is 0.377 e. The summed E-state index contributed by atoms with van der Waals surface area (Å²) in [6.45, 7) is 2.51. The molecule has 0 spiro atoms. The van der Waals surface area contributed by atoms with E-state index in [0.29, 0.717) is 11.5 Å². The van der Waals surface area contributed by atoms with E-state index < -0.39 is 0 Å². The summed E-state index contributed by atoms with van der Waals surface area (Å²) in [6, 6.07) is 11.2. The van der Waals surface area contributed by atoms with Crippen LogP contribution in [0.4, 0.5) is 5.69 Å². The fourth-order valence-electron chi connectivity index (χ4n) is 4.75. The molecule has 2 atom stereocenters. The molecular weight excluding hydrogens is 254 g/mol. The summed E-state index contributed by atoms with van der Waals surface area (Å²) in [5.41, 5.74) is 6.75. The molecule has 0 saturated heterocycles. The minimum atomic E-state index is 0.347. The van der Waals surface area contributed by atoms with Crippen LogP contribution in [0.25, 0.3) is 0 Å². The van der Waals surface area contributed by atoms with E-state index in [1.807, 2.05) is 0 Å². The van der Waals surface area contributed by atoms with Gasteiger partial charge in [-0.1, -0.05) is 43.2 Å². The molecule has 0 bridgehead atoms. The lowest BCUT2D eigenvalue weighted by Gasteiger charge is -2.39. The third-order valence-electron chi connectivity index (χ3n) is 5.80. The smallest absolute Gasteiger partial charge is 0.0604 e. The van der Waals surface area contributed by atoms with Gasteiger partial charge in [0.2, 0.25) is 0 Å². The van der Waals surface area contributed by atoms with Crippen LogP contribution in [0.5, 0.6) is 0 Å². The molecule has 0 aliphatic heterocycles. The number of para-hydroxylation sites is 1. The second-order valence-corrected chi connectivity index (χ2v) is 7.08. The highest BCUT2D eigenvalue weighted by atomic mass is 15.0. The molecule has 1 heteroatoms. The first kappa shape index (κ1) is 13.2. The van der Waals surface area contributed by atoms with Crippen LogP contribution in [-0.2, 0) is 0 Å². The minimum Gasteiger partial charge on any atom is -0.377 e. The second-order valence-electron chi connectivity index (χ2n) is 7.08. The van der Waals surface area contributed by atoms with Crippen molar-refractivity contribution in [3.05, 3.63) is 53.1 Å². The zero-order valence-electron chi connectivity index (χ0n) is 13.0. The molecule has 1 nitrogen and oxygen atoms in total. The fourth-order valence-corrected chi connectivity index (χ4v) is 4.75. The molecule has 1 saturated carbocycles. The third kappa shape index (κ3) is 2.06. The van der Waals surface area contributed by atoms with Crippen molar-refractivity contribution in [3.63, 3.8) is 0 Å². The Bertz CT molecular complexity index is 596. The fraction of sp³-hybridized carbons (Fsp3) is 0.500. The van der Waals surface area contributed by atoms with Crippen molar-refractivity contribution in [1.82, 2.24) is 0 Å².